The number of carboxylic acid groups (broad SMARTS) is 1. The SMILES string of the molecule is CC1CCCC(CN(CCC(=O)O)C(C)(C)C)C1. The summed E-state index contributed by atoms with van der Waals surface area (Å²) in [7, 11) is 0. The van der Waals surface area contributed by atoms with Crippen molar-refractivity contribution in [2.24, 2.45) is 11.8 Å². The molecule has 0 aromatic rings. The van der Waals surface area contributed by atoms with Gasteiger partial charge in [-0.15, -0.1) is 0 Å². The Bertz CT molecular complexity index is 270. The zero-order chi connectivity index (χ0) is 13.8. The van der Waals surface area contributed by atoms with E-state index in [1.54, 1.807) is 0 Å². The quantitative estimate of drug-likeness (QED) is 0.818. The van der Waals surface area contributed by atoms with E-state index in [0.29, 0.717) is 6.54 Å². The molecule has 0 radical (unpaired) electrons. The van der Waals surface area contributed by atoms with Gasteiger partial charge in [-0.2, -0.15) is 0 Å². The van der Waals surface area contributed by atoms with Gasteiger partial charge in [0.05, 0.1) is 6.42 Å². The number of aliphatic carboxylic acids is 1. The van der Waals surface area contributed by atoms with Crippen LogP contribution in [0.2, 0.25) is 0 Å². The van der Waals surface area contributed by atoms with Crippen LogP contribution >= 0.6 is 0 Å². The molecule has 1 rings (SSSR count). The first-order valence-corrected chi connectivity index (χ1v) is 7.26. The van der Waals surface area contributed by atoms with Crippen LogP contribution in [0.1, 0.15) is 59.8 Å². The minimum absolute atomic E-state index is 0.0656. The molecule has 3 nitrogen and oxygen atoms in total. The van der Waals surface area contributed by atoms with E-state index in [2.05, 4.69) is 32.6 Å². The van der Waals surface area contributed by atoms with Crippen LogP contribution < -0.4 is 0 Å². The van der Waals surface area contributed by atoms with Gasteiger partial charge < -0.3 is 5.11 Å². The van der Waals surface area contributed by atoms with Gasteiger partial charge in [0.25, 0.3) is 0 Å². The van der Waals surface area contributed by atoms with E-state index in [1.807, 2.05) is 0 Å². The zero-order valence-corrected chi connectivity index (χ0v) is 12.4. The van der Waals surface area contributed by atoms with Crippen LogP contribution in [0.3, 0.4) is 0 Å². The monoisotopic (exact) mass is 255 g/mol. The van der Waals surface area contributed by atoms with Gasteiger partial charge in [0, 0.05) is 18.6 Å². The molecular weight excluding hydrogens is 226 g/mol. The van der Waals surface area contributed by atoms with Gasteiger partial charge in [0.2, 0.25) is 0 Å². The molecule has 106 valence electrons. The van der Waals surface area contributed by atoms with Crippen molar-refractivity contribution in [1.82, 2.24) is 4.90 Å². The molecule has 2 unspecified atom stereocenters. The fraction of sp³-hybridized carbons (Fsp3) is 0.933. The van der Waals surface area contributed by atoms with E-state index in [0.717, 1.165) is 18.4 Å². The van der Waals surface area contributed by atoms with Gasteiger partial charge in [-0.3, -0.25) is 9.69 Å². The smallest absolute Gasteiger partial charge is 0.304 e. The van der Waals surface area contributed by atoms with E-state index in [4.69, 9.17) is 5.11 Å². The Labute approximate surface area is 112 Å². The van der Waals surface area contributed by atoms with Crippen molar-refractivity contribution in [3.8, 4) is 0 Å². The number of carbonyl (C=O) groups is 1. The van der Waals surface area contributed by atoms with Crippen molar-refractivity contribution in [1.29, 1.82) is 0 Å². The van der Waals surface area contributed by atoms with E-state index >= 15 is 0 Å². The number of hydrogen-bond donors (Lipinski definition) is 1. The molecule has 0 aliphatic heterocycles. The molecule has 1 aliphatic rings. The molecule has 3 heteroatoms. The Kier molecular flexibility index (Phi) is 5.64. The second-order valence-electron chi connectivity index (χ2n) is 6.90. The number of carboxylic acids is 1. The van der Waals surface area contributed by atoms with E-state index < -0.39 is 5.97 Å². The van der Waals surface area contributed by atoms with E-state index in [9.17, 15) is 4.79 Å². The topological polar surface area (TPSA) is 40.5 Å². The lowest BCUT2D eigenvalue weighted by Gasteiger charge is -2.39. The first-order chi connectivity index (χ1) is 8.29. The Hall–Kier alpha value is -0.570. The van der Waals surface area contributed by atoms with Crippen molar-refractivity contribution in [3.05, 3.63) is 0 Å². The Balaban J connectivity index is 2.52. The zero-order valence-electron chi connectivity index (χ0n) is 12.4. The van der Waals surface area contributed by atoms with Crippen LogP contribution in [0.25, 0.3) is 0 Å². The molecule has 0 bridgehead atoms. The maximum Gasteiger partial charge on any atom is 0.304 e. The maximum atomic E-state index is 10.7. The van der Waals surface area contributed by atoms with Gasteiger partial charge in [0.15, 0.2) is 0 Å². The van der Waals surface area contributed by atoms with Gasteiger partial charge in [-0.1, -0.05) is 19.8 Å². The first-order valence-electron chi connectivity index (χ1n) is 7.26. The second-order valence-corrected chi connectivity index (χ2v) is 6.90. The van der Waals surface area contributed by atoms with Crippen molar-refractivity contribution in [2.75, 3.05) is 13.1 Å². The number of hydrogen-bond acceptors (Lipinski definition) is 2. The third-order valence-electron chi connectivity index (χ3n) is 4.07. The summed E-state index contributed by atoms with van der Waals surface area (Å²) in [6, 6.07) is 0. The lowest BCUT2D eigenvalue weighted by atomic mass is 9.81. The van der Waals surface area contributed by atoms with Crippen molar-refractivity contribution in [3.63, 3.8) is 0 Å². The highest BCUT2D eigenvalue weighted by Gasteiger charge is 2.27. The molecule has 0 heterocycles. The van der Waals surface area contributed by atoms with Gasteiger partial charge in [0.1, 0.15) is 0 Å². The Morgan fingerprint density at radius 2 is 2.00 bits per heavy atom. The van der Waals surface area contributed by atoms with Crippen LogP contribution in [0.5, 0.6) is 0 Å². The molecule has 1 fully saturated rings. The average Bonchev–Trinajstić information content (AvgIpc) is 2.22. The lowest BCUT2D eigenvalue weighted by molar-refractivity contribution is -0.137. The molecule has 0 amide bonds. The molecular formula is C15H29NO2. The molecule has 1 N–H and O–H groups in total. The molecule has 2 atom stereocenters. The highest BCUT2D eigenvalue weighted by molar-refractivity contribution is 5.66. The predicted molar refractivity (Wildman–Crippen MR) is 74.7 cm³/mol. The predicted octanol–water partition coefficient (Wildman–Crippen LogP) is 3.39. The number of rotatable bonds is 5. The van der Waals surface area contributed by atoms with Gasteiger partial charge >= 0.3 is 5.97 Å². The molecule has 0 aromatic heterocycles. The summed E-state index contributed by atoms with van der Waals surface area (Å²) >= 11 is 0. The fourth-order valence-corrected chi connectivity index (χ4v) is 2.97. The van der Waals surface area contributed by atoms with Crippen LogP contribution in [0.4, 0.5) is 0 Å². The van der Waals surface area contributed by atoms with Crippen molar-refractivity contribution in [2.45, 2.75) is 65.3 Å². The Morgan fingerprint density at radius 1 is 1.33 bits per heavy atom. The van der Waals surface area contributed by atoms with E-state index in [-0.39, 0.29) is 12.0 Å². The van der Waals surface area contributed by atoms with Crippen LogP contribution in [-0.4, -0.2) is 34.6 Å². The summed E-state index contributed by atoms with van der Waals surface area (Å²) in [5, 5.41) is 8.85. The molecule has 1 saturated carbocycles. The van der Waals surface area contributed by atoms with E-state index in [1.165, 1.54) is 25.7 Å². The largest absolute Gasteiger partial charge is 0.481 e. The minimum Gasteiger partial charge on any atom is -0.481 e. The maximum absolute atomic E-state index is 10.7. The normalized spacial score (nSPS) is 25.4. The van der Waals surface area contributed by atoms with Crippen molar-refractivity contribution >= 4 is 5.97 Å². The second kappa shape index (κ2) is 6.55. The molecule has 0 saturated heterocycles. The summed E-state index contributed by atoms with van der Waals surface area (Å²) in [6.45, 7) is 10.6. The van der Waals surface area contributed by atoms with Crippen LogP contribution in [-0.2, 0) is 4.79 Å². The standard InChI is InChI=1S/C15H29NO2/c1-12-6-5-7-13(10-12)11-16(15(2,3)4)9-8-14(17)18/h12-13H,5-11H2,1-4H3,(H,17,18). The number of nitrogens with zero attached hydrogens (tertiary/aromatic N) is 1. The minimum atomic E-state index is -0.693. The summed E-state index contributed by atoms with van der Waals surface area (Å²) in [5.41, 5.74) is 0.0656. The molecule has 18 heavy (non-hydrogen) atoms. The first kappa shape index (κ1) is 15.5. The lowest BCUT2D eigenvalue weighted by Crippen LogP contribution is -2.45. The molecule has 1 aliphatic carbocycles. The van der Waals surface area contributed by atoms with Crippen LogP contribution in [0.15, 0.2) is 0 Å². The van der Waals surface area contributed by atoms with Crippen LogP contribution in [0, 0.1) is 11.8 Å². The average molecular weight is 255 g/mol. The van der Waals surface area contributed by atoms with Crippen molar-refractivity contribution < 1.29 is 9.90 Å². The third kappa shape index (κ3) is 5.38. The summed E-state index contributed by atoms with van der Waals surface area (Å²) in [6.07, 6.45) is 5.56. The summed E-state index contributed by atoms with van der Waals surface area (Å²) < 4.78 is 0. The highest BCUT2D eigenvalue weighted by Crippen LogP contribution is 2.30. The third-order valence-corrected chi connectivity index (χ3v) is 4.07. The fourth-order valence-electron chi connectivity index (χ4n) is 2.97. The highest BCUT2D eigenvalue weighted by atomic mass is 16.4. The molecule has 0 aromatic carbocycles. The molecule has 0 spiro atoms. The van der Waals surface area contributed by atoms with Gasteiger partial charge in [-0.25, -0.2) is 0 Å². The Morgan fingerprint density at radius 3 is 2.50 bits per heavy atom. The summed E-state index contributed by atoms with van der Waals surface area (Å²) in [4.78, 5) is 13.1. The summed E-state index contributed by atoms with van der Waals surface area (Å²) in [5.74, 6) is 0.896. The van der Waals surface area contributed by atoms with Gasteiger partial charge in [-0.05, 0) is 45.4 Å².